The average molecular weight is 254 g/mol. The minimum Gasteiger partial charge on any atom is -0.351 e. The Hall–Kier alpha value is -0.800. The van der Waals surface area contributed by atoms with Crippen molar-refractivity contribution in [1.82, 2.24) is 9.88 Å². The van der Waals surface area contributed by atoms with Gasteiger partial charge in [0.15, 0.2) is 0 Å². The van der Waals surface area contributed by atoms with E-state index in [1.165, 1.54) is 0 Å². The summed E-state index contributed by atoms with van der Waals surface area (Å²) in [7, 11) is 2.17. The van der Waals surface area contributed by atoms with E-state index in [-0.39, 0.29) is 0 Å². The minimum absolute atomic E-state index is 0.516. The summed E-state index contributed by atoms with van der Waals surface area (Å²) < 4.78 is 0. The topological polar surface area (TPSA) is 19.4 Å². The third kappa shape index (κ3) is 2.72. The summed E-state index contributed by atoms with van der Waals surface area (Å²) in [4.78, 5) is 9.41. The number of hydrogen-bond donors (Lipinski definition) is 0. The Morgan fingerprint density at radius 3 is 2.76 bits per heavy atom. The lowest BCUT2D eigenvalue weighted by atomic mass is 10.1. The highest BCUT2D eigenvalue weighted by molar-refractivity contribution is 6.17. The number of halogens is 1. The van der Waals surface area contributed by atoms with Crippen molar-refractivity contribution in [2.24, 2.45) is 0 Å². The van der Waals surface area contributed by atoms with Gasteiger partial charge in [-0.1, -0.05) is 6.07 Å². The molecule has 0 saturated carbocycles. The molecule has 94 valence electrons. The second-order valence-corrected chi connectivity index (χ2v) is 5.12. The summed E-state index contributed by atoms with van der Waals surface area (Å²) in [5.41, 5.74) is 2.17. The molecule has 0 aromatic carbocycles. The fraction of sp³-hybridized carbons (Fsp3) is 0.615. The maximum absolute atomic E-state index is 5.86. The molecule has 1 atom stereocenters. The van der Waals surface area contributed by atoms with Crippen LogP contribution in [0, 0.1) is 6.92 Å². The van der Waals surface area contributed by atoms with Gasteiger partial charge in [-0.15, -0.1) is 11.6 Å². The molecule has 1 aromatic rings. The zero-order valence-corrected chi connectivity index (χ0v) is 11.5. The number of likely N-dealkylation sites (N-methyl/N-ethyl adjacent to an activating group) is 1. The molecule has 1 aliphatic rings. The highest BCUT2D eigenvalue weighted by Gasteiger charge is 2.22. The number of aryl methyl sites for hydroxylation is 1. The molecule has 1 fully saturated rings. The van der Waals surface area contributed by atoms with Gasteiger partial charge in [-0.3, -0.25) is 0 Å². The van der Waals surface area contributed by atoms with E-state index < -0.39 is 0 Å². The van der Waals surface area contributed by atoms with Gasteiger partial charge in [-0.05, 0) is 32.5 Å². The van der Waals surface area contributed by atoms with Crippen LogP contribution >= 0.6 is 11.6 Å². The first kappa shape index (κ1) is 12.7. The Labute approximate surface area is 108 Å². The molecule has 2 heterocycles. The summed E-state index contributed by atoms with van der Waals surface area (Å²) in [6.45, 7) is 7.52. The van der Waals surface area contributed by atoms with E-state index in [4.69, 9.17) is 11.6 Å². The van der Waals surface area contributed by atoms with Gasteiger partial charge < -0.3 is 9.80 Å². The summed E-state index contributed by atoms with van der Waals surface area (Å²) in [6.07, 6.45) is 0. The van der Waals surface area contributed by atoms with Crippen molar-refractivity contribution >= 4 is 17.4 Å². The SMILES string of the molecule is Cc1nc(N2CCN(C)CC2C)ccc1CCl. The lowest BCUT2D eigenvalue weighted by molar-refractivity contribution is 0.274. The van der Waals surface area contributed by atoms with Crippen molar-refractivity contribution in [2.75, 3.05) is 31.6 Å². The van der Waals surface area contributed by atoms with Gasteiger partial charge in [0, 0.05) is 37.3 Å². The van der Waals surface area contributed by atoms with Crippen LogP contribution < -0.4 is 4.90 Å². The summed E-state index contributed by atoms with van der Waals surface area (Å²) in [5, 5.41) is 0. The normalized spacial score (nSPS) is 21.9. The Bertz CT molecular complexity index is 394. The molecule has 4 heteroatoms. The van der Waals surface area contributed by atoms with Crippen LogP contribution in [0.2, 0.25) is 0 Å². The van der Waals surface area contributed by atoms with E-state index in [9.17, 15) is 0 Å². The van der Waals surface area contributed by atoms with Gasteiger partial charge in [-0.25, -0.2) is 4.98 Å². The Morgan fingerprint density at radius 1 is 1.41 bits per heavy atom. The molecule has 0 radical (unpaired) electrons. The van der Waals surface area contributed by atoms with Gasteiger partial charge in [0.2, 0.25) is 0 Å². The van der Waals surface area contributed by atoms with E-state index >= 15 is 0 Å². The van der Waals surface area contributed by atoms with Crippen molar-refractivity contribution < 1.29 is 0 Å². The molecule has 1 aromatic heterocycles. The molecule has 0 aliphatic carbocycles. The fourth-order valence-electron chi connectivity index (χ4n) is 2.36. The standard InChI is InChI=1S/C13H20ClN3/c1-10-9-16(3)6-7-17(10)13-5-4-12(8-14)11(2)15-13/h4-5,10H,6-9H2,1-3H3. The molecule has 2 rings (SSSR count). The molecule has 1 unspecified atom stereocenters. The second-order valence-electron chi connectivity index (χ2n) is 4.85. The van der Waals surface area contributed by atoms with E-state index in [1.807, 2.05) is 6.92 Å². The van der Waals surface area contributed by atoms with Crippen molar-refractivity contribution in [2.45, 2.75) is 25.8 Å². The predicted molar refractivity (Wildman–Crippen MR) is 72.8 cm³/mol. The smallest absolute Gasteiger partial charge is 0.129 e. The molecule has 0 bridgehead atoms. The third-order valence-corrected chi connectivity index (χ3v) is 3.74. The Balaban J connectivity index is 2.19. The molecule has 3 nitrogen and oxygen atoms in total. The van der Waals surface area contributed by atoms with Crippen molar-refractivity contribution in [3.8, 4) is 0 Å². The molecular weight excluding hydrogens is 234 g/mol. The monoisotopic (exact) mass is 253 g/mol. The second kappa shape index (κ2) is 5.23. The third-order valence-electron chi connectivity index (χ3n) is 3.45. The van der Waals surface area contributed by atoms with Crippen LogP contribution in [0.25, 0.3) is 0 Å². The first-order valence-electron chi connectivity index (χ1n) is 6.09. The number of anilines is 1. The van der Waals surface area contributed by atoms with Crippen LogP contribution in [0.15, 0.2) is 12.1 Å². The number of alkyl halides is 1. The fourth-order valence-corrected chi connectivity index (χ4v) is 2.64. The van der Waals surface area contributed by atoms with Crippen LogP contribution in [0.3, 0.4) is 0 Å². The van der Waals surface area contributed by atoms with Crippen LogP contribution in [-0.2, 0) is 5.88 Å². The average Bonchev–Trinajstić information content (AvgIpc) is 2.29. The largest absolute Gasteiger partial charge is 0.351 e. The molecule has 0 amide bonds. The number of pyridine rings is 1. The van der Waals surface area contributed by atoms with Gasteiger partial charge in [-0.2, -0.15) is 0 Å². The zero-order chi connectivity index (χ0) is 12.4. The lowest BCUT2D eigenvalue weighted by Gasteiger charge is -2.39. The van der Waals surface area contributed by atoms with E-state index in [1.54, 1.807) is 0 Å². The highest BCUT2D eigenvalue weighted by atomic mass is 35.5. The van der Waals surface area contributed by atoms with Gasteiger partial charge in [0.1, 0.15) is 5.82 Å². The van der Waals surface area contributed by atoms with Crippen molar-refractivity contribution in [1.29, 1.82) is 0 Å². The summed E-state index contributed by atoms with van der Waals surface area (Å²) >= 11 is 5.86. The Kier molecular flexibility index (Phi) is 3.89. The van der Waals surface area contributed by atoms with Crippen LogP contribution in [-0.4, -0.2) is 42.6 Å². The minimum atomic E-state index is 0.516. The van der Waals surface area contributed by atoms with Crippen LogP contribution in [0.4, 0.5) is 5.82 Å². The maximum atomic E-state index is 5.86. The van der Waals surface area contributed by atoms with Crippen LogP contribution in [0.1, 0.15) is 18.2 Å². The highest BCUT2D eigenvalue weighted by Crippen LogP contribution is 2.20. The number of rotatable bonds is 2. The van der Waals surface area contributed by atoms with E-state index in [0.717, 1.165) is 36.7 Å². The van der Waals surface area contributed by atoms with E-state index in [2.05, 4.69) is 40.9 Å². The van der Waals surface area contributed by atoms with Gasteiger partial charge in [0.05, 0.1) is 0 Å². The first-order valence-corrected chi connectivity index (χ1v) is 6.63. The molecule has 17 heavy (non-hydrogen) atoms. The molecule has 0 N–H and O–H groups in total. The first-order chi connectivity index (χ1) is 8.11. The number of aromatic nitrogens is 1. The predicted octanol–water partition coefficient (Wildman–Crippen LogP) is 2.27. The summed E-state index contributed by atoms with van der Waals surface area (Å²) in [5.74, 6) is 1.62. The number of hydrogen-bond acceptors (Lipinski definition) is 3. The van der Waals surface area contributed by atoms with Crippen molar-refractivity contribution in [3.05, 3.63) is 23.4 Å². The van der Waals surface area contributed by atoms with Crippen LogP contribution in [0.5, 0.6) is 0 Å². The molecular formula is C13H20ClN3. The zero-order valence-electron chi connectivity index (χ0n) is 10.8. The number of nitrogens with zero attached hydrogens (tertiary/aromatic N) is 3. The molecule has 1 saturated heterocycles. The quantitative estimate of drug-likeness (QED) is 0.754. The maximum Gasteiger partial charge on any atom is 0.129 e. The summed E-state index contributed by atoms with van der Waals surface area (Å²) in [6, 6.07) is 4.70. The molecule has 0 spiro atoms. The van der Waals surface area contributed by atoms with Gasteiger partial charge in [0.25, 0.3) is 0 Å². The van der Waals surface area contributed by atoms with E-state index in [0.29, 0.717) is 11.9 Å². The lowest BCUT2D eigenvalue weighted by Crippen LogP contribution is -2.50. The van der Waals surface area contributed by atoms with Gasteiger partial charge >= 0.3 is 0 Å². The molecule has 1 aliphatic heterocycles. The van der Waals surface area contributed by atoms with Crippen molar-refractivity contribution in [3.63, 3.8) is 0 Å². The number of piperazine rings is 1. The Morgan fingerprint density at radius 2 is 2.18 bits per heavy atom.